The van der Waals surface area contributed by atoms with E-state index in [9.17, 15) is 9.59 Å². The molecule has 36 heavy (non-hydrogen) atoms. The number of aromatic nitrogens is 1. The lowest BCUT2D eigenvalue weighted by Crippen LogP contribution is -2.54. The molecule has 190 valence electrons. The molecule has 0 saturated heterocycles. The Morgan fingerprint density at radius 1 is 1.08 bits per heavy atom. The van der Waals surface area contributed by atoms with E-state index in [1.54, 1.807) is 4.90 Å². The summed E-state index contributed by atoms with van der Waals surface area (Å²) in [6.07, 6.45) is 2.29. The summed E-state index contributed by atoms with van der Waals surface area (Å²) < 4.78 is 16.4. The molecule has 0 fully saturated rings. The number of esters is 1. The molecule has 8 nitrogen and oxygen atoms in total. The summed E-state index contributed by atoms with van der Waals surface area (Å²) in [6.45, 7) is 6.27. The molecular weight excluding hydrogens is 458 g/mol. The predicted octanol–water partition coefficient (Wildman–Crippen LogP) is 4.03. The zero-order valence-electron chi connectivity index (χ0n) is 21.1. The molecule has 1 N–H and O–H groups in total. The third-order valence-electron chi connectivity index (χ3n) is 7.04. The fraction of sp³-hybridized carbons (Fsp3) is 0.429. The first-order chi connectivity index (χ1) is 17.5. The molecule has 0 saturated carbocycles. The molecule has 5 rings (SSSR count). The molecule has 3 heterocycles. The molecule has 1 aromatic heterocycles. The van der Waals surface area contributed by atoms with E-state index < -0.39 is 18.1 Å². The molecule has 8 heteroatoms. The van der Waals surface area contributed by atoms with Gasteiger partial charge in [-0.3, -0.25) is 9.69 Å². The maximum Gasteiger partial charge on any atom is 0.328 e. The Bertz CT molecular complexity index is 1260. The van der Waals surface area contributed by atoms with Gasteiger partial charge in [0.1, 0.15) is 6.04 Å². The number of amides is 1. The average Bonchev–Trinajstić information content (AvgIpc) is 3.51. The largest absolute Gasteiger partial charge is 0.467 e. The van der Waals surface area contributed by atoms with Crippen LogP contribution in [0.4, 0.5) is 0 Å². The van der Waals surface area contributed by atoms with Crippen LogP contribution in [0.2, 0.25) is 0 Å². The van der Waals surface area contributed by atoms with E-state index in [1.807, 2.05) is 36.4 Å². The third kappa shape index (κ3) is 4.30. The standard InChI is InChI=1S/C28H33N3O5/c1-4-12-30(13-5-2)16-25(32)31-22(28(33)34-3)15-20-19-8-6-7-9-21(19)29-26(20)27(31)18-10-11-23-24(14-18)36-17-35-23/h6-11,14,22,27,29H,4-5,12-13,15-17H2,1-3H3/t22-,27+/m0/s1. The van der Waals surface area contributed by atoms with Gasteiger partial charge in [-0.15, -0.1) is 0 Å². The highest BCUT2D eigenvalue weighted by atomic mass is 16.7. The molecule has 2 aliphatic heterocycles. The number of nitrogens with one attached hydrogen (secondary N) is 1. The van der Waals surface area contributed by atoms with Crippen LogP contribution in [0.1, 0.15) is 49.6 Å². The topological polar surface area (TPSA) is 84.1 Å². The van der Waals surface area contributed by atoms with E-state index in [0.29, 0.717) is 17.9 Å². The lowest BCUT2D eigenvalue weighted by atomic mass is 9.87. The quantitative estimate of drug-likeness (QED) is 0.479. The van der Waals surface area contributed by atoms with Gasteiger partial charge in [0.15, 0.2) is 11.5 Å². The Labute approximate surface area is 211 Å². The zero-order chi connectivity index (χ0) is 25.2. The Kier molecular flexibility index (Phi) is 6.87. The Balaban J connectivity index is 1.65. The third-order valence-corrected chi connectivity index (χ3v) is 7.04. The summed E-state index contributed by atoms with van der Waals surface area (Å²) in [5, 5.41) is 1.05. The molecule has 0 radical (unpaired) electrons. The van der Waals surface area contributed by atoms with Gasteiger partial charge >= 0.3 is 5.97 Å². The number of hydrogen-bond acceptors (Lipinski definition) is 6. The van der Waals surface area contributed by atoms with Gasteiger partial charge in [-0.2, -0.15) is 0 Å². The number of fused-ring (bicyclic) bond motifs is 4. The van der Waals surface area contributed by atoms with Crippen LogP contribution in [0, 0.1) is 0 Å². The van der Waals surface area contributed by atoms with E-state index in [4.69, 9.17) is 14.2 Å². The monoisotopic (exact) mass is 491 g/mol. The minimum atomic E-state index is -0.741. The fourth-order valence-corrected chi connectivity index (χ4v) is 5.52. The highest BCUT2D eigenvalue weighted by Gasteiger charge is 2.44. The number of aromatic amines is 1. The molecule has 0 spiro atoms. The highest BCUT2D eigenvalue weighted by Crippen LogP contribution is 2.44. The van der Waals surface area contributed by atoms with Gasteiger partial charge in [0.25, 0.3) is 0 Å². The number of para-hydroxylation sites is 1. The summed E-state index contributed by atoms with van der Waals surface area (Å²) in [7, 11) is 1.38. The lowest BCUT2D eigenvalue weighted by molar-refractivity contribution is -0.155. The number of benzene rings is 2. The van der Waals surface area contributed by atoms with Crippen molar-refractivity contribution in [3.8, 4) is 11.5 Å². The van der Waals surface area contributed by atoms with Crippen LogP contribution in [-0.2, 0) is 20.7 Å². The number of rotatable bonds is 8. The zero-order valence-corrected chi connectivity index (χ0v) is 21.1. The SMILES string of the molecule is CCCN(CCC)CC(=O)N1[C@H](c2ccc3c(c2)OCO3)c2[nH]c3ccccc3c2C[C@H]1C(=O)OC. The minimum Gasteiger partial charge on any atom is -0.467 e. The number of methoxy groups -OCH3 is 1. The molecule has 0 bridgehead atoms. The second-order valence-electron chi connectivity index (χ2n) is 9.40. The number of carbonyl (C=O) groups is 2. The summed E-state index contributed by atoms with van der Waals surface area (Å²) in [5.74, 6) is 0.795. The molecule has 2 atom stereocenters. The van der Waals surface area contributed by atoms with Crippen molar-refractivity contribution in [2.24, 2.45) is 0 Å². The summed E-state index contributed by atoms with van der Waals surface area (Å²) >= 11 is 0. The molecule has 2 aliphatic rings. The van der Waals surface area contributed by atoms with Crippen LogP contribution >= 0.6 is 0 Å². The Morgan fingerprint density at radius 2 is 1.83 bits per heavy atom. The van der Waals surface area contributed by atoms with E-state index in [0.717, 1.165) is 53.7 Å². The first kappa shape index (κ1) is 24.2. The van der Waals surface area contributed by atoms with Crippen molar-refractivity contribution >= 4 is 22.8 Å². The van der Waals surface area contributed by atoms with Crippen LogP contribution in [0.25, 0.3) is 10.9 Å². The minimum absolute atomic E-state index is 0.0979. The van der Waals surface area contributed by atoms with Gasteiger partial charge in [0.2, 0.25) is 12.7 Å². The molecular formula is C28H33N3O5. The van der Waals surface area contributed by atoms with Crippen molar-refractivity contribution < 1.29 is 23.8 Å². The van der Waals surface area contributed by atoms with E-state index in [-0.39, 0.29) is 19.2 Å². The van der Waals surface area contributed by atoms with Crippen molar-refractivity contribution in [3.05, 3.63) is 59.3 Å². The number of H-pyrrole nitrogens is 1. The molecule has 0 aliphatic carbocycles. The molecule has 1 amide bonds. The Morgan fingerprint density at radius 3 is 2.58 bits per heavy atom. The van der Waals surface area contributed by atoms with Gasteiger partial charge in [-0.25, -0.2) is 4.79 Å². The van der Waals surface area contributed by atoms with E-state index in [1.165, 1.54) is 7.11 Å². The Hall–Kier alpha value is -3.52. The van der Waals surface area contributed by atoms with Crippen LogP contribution < -0.4 is 9.47 Å². The average molecular weight is 492 g/mol. The van der Waals surface area contributed by atoms with Gasteiger partial charge in [0.05, 0.1) is 19.7 Å². The van der Waals surface area contributed by atoms with Crippen molar-refractivity contribution in [1.29, 1.82) is 0 Å². The summed E-state index contributed by atoms with van der Waals surface area (Å²) in [6, 6.07) is 12.5. The second-order valence-corrected chi connectivity index (χ2v) is 9.40. The molecule has 0 unspecified atom stereocenters. The maximum atomic E-state index is 14.0. The fourth-order valence-electron chi connectivity index (χ4n) is 5.52. The van der Waals surface area contributed by atoms with Crippen molar-refractivity contribution in [2.75, 3.05) is 33.5 Å². The molecule has 2 aromatic carbocycles. The maximum absolute atomic E-state index is 14.0. The normalized spacial score (nSPS) is 18.5. The number of nitrogens with zero attached hydrogens (tertiary/aromatic N) is 2. The van der Waals surface area contributed by atoms with Gasteiger partial charge < -0.3 is 24.1 Å². The second kappa shape index (κ2) is 10.2. The number of hydrogen-bond donors (Lipinski definition) is 1. The highest BCUT2D eigenvalue weighted by molar-refractivity contribution is 5.91. The first-order valence-electron chi connectivity index (χ1n) is 12.7. The van der Waals surface area contributed by atoms with E-state index >= 15 is 0 Å². The van der Waals surface area contributed by atoms with Gasteiger partial charge in [0, 0.05) is 23.0 Å². The van der Waals surface area contributed by atoms with Gasteiger partial charge in [-0.1, -0.05) is 38.1 Å². The van der Waals surface area contributed by atoms with Crippen LogP contribution in [0.5, 0.6) is 11.5 Å². The number of ether oxygens (including phenoxy) is 3. The van der Waals surface area contributed by atoms with Crippen molar-refractivity contribution in [1.82, 2.24) is 14.8 Å². The van der Waals surface area contributed by atoms with E-state index in [2.05, 4.69) is 29.8 Å². The first-order valence-corrected chi connectivity index (χ1v) is 12.7. The predicted molar refractivity (Wildman–Crippen MR) is 136 cm³/mol. The van der Waals surface area contributed by atoms with Crippen molar-refractivity contribution in [3.63, 3.8) is 0 Å². The number of carbonyl (C=O) groups excluding carboxylic acids is 2. The van der Waals surface area contributed by atoms with Crippen LogP contribution in [0.3, 0.4) is 0 Å². The smallest absolute Gasteiger partial charge is 0.328 e. The van der Waals surface area contributed by atoms with Crippen LogP contribution in [-0.4, -0.2) is 66.2 Å². The molecule has 3 aromatic rings. The van der Waals surface area contributed by atoms with Gasteiger partial charge in [-0.05, 0) is 55.3 Å². The lowest BCUT2D eigenvalue weighted by Gasteiger charge is -2.41. The summed E-state index contributed by atoms with van der Waals surface area (Å²) in [5.41, 5.74) is 3.78. The van der Waals surface area contributed by atoms with Crippen LogP contribution in [0.15, 0.2) is 42.5 Å². The summed E-state index contributed by atoms with van der Waals surface area (Å²) in [4.78, 5) is 34.7. The van der Waals surface area contributed by atoms with Crippen molar-refractivity contribution in [2.45, 2.75) is 45.2 Å².